The number of aromatic carboxylic acids is 1. The summed E-state index contributed by atoms with van der Waals surface area (Å²) >= 11 is 0. The van der Waals surface area contributed by atoms with Gasteiger partial charge in [-0.2, -0.15) is 0 Å². The third-order valence-corrected chi connectivity index (χ3v) is 5.30. The highest BCUT2D eigenvalue weighted by atomic mass is 32.2. The van der Waals surface area contributed by atoms with Gasteiger partial charge >= 0.3 is 5.97 Å². The van der Waals surface area contributed by atoms with Gasteiger partial charge in [-0.25, -0.2) is 13.2 Å². The molecular formula is C12H14N2O5S. The van der Waals surface area contributed by atoms with E-state index in [0.717, 1.165) is 6.20 Å². The molecule has 0 aromatic carbocycles. The van der Waals surface area contributed by atoms with Crippen molar-refractivity contribution in [1.29, 1.82) is 0 Å². The maximum Gasteiger partial charge on any atom is 0.337 e. The summed E-state index contributed by atoms with van der Waals surface area (Å²) in [4.78, 5) is 26.5. The maximum atomic E-state index is 12.0. The Kier molecular flexibility index (Phi) is 4.03. The summed E-state index contributed by atoms with van der Waals surface area (Å²) in [5, 5.41) is 10.2. The fourth-order valence-electron chi connectivity index (χ4n) is 2.10. The number of nitrogens with one attached hydrogen (secondary N) is 1. The number of amides is 1. The van der Waals surface area contributed by atoms with Gasteiger partial charge in [-0.1, -0.05) is 6.42 Å². The van der Waals surface area contributed by atoms with Gasteiger partial charge in [-0.3, -0.25) is 9.78 Å². The fourth-order valence-corrected chi connectivity index (χ4v) is 3.90. The Morgan fingerprint density at radius 1 is 1.30 bits per heavy atom. The minimum absolute atomic E-state index is 0.0124. The number of rotatable bonds is 3. The molecule has 1 aliphatic rings. The zero-order valence-corrected chi connectivity index (χ0v) is 11.4. The first kappa shape index (κ1) is 14.4. The number of nitrogens with zero attached hydrogens (tertiary/aromatic N) is 1. The van der Waals surface area contributed by atoms with Crippen LogP contribution in [0.4, 0.5) is 5.69 Å². The summed E-state index contributed by atoms with van der Waals surface area (Å²) < 4.78 is 23.6. The van der Waals surface area contributed by atoms with Gasteiger partial charge < -0.3 is 10.4 Å². The molecule has 1 saturated heterocycles. The lowest BCUT2D eigenvalue weighted by molar-refractivity contribution is -0.116. The van der Waals surface area contributed by atoms with Crippen LogP contribution in [-0.2, 0) is 14.6 Å². The largest absolute Gasteiger partial charge is 0.478 e. The standard InChI is InChI=1S/C12H14N2O5S/c15-11(10-3-1-2-4-20(10,18)19)14-9-5-8(12(16)17)6-13-7-9/h5-7,10H,1-4H2,(H,14,15)(H,16,17). The maximum absolute atomic E-state index is 12.0. The van der Waals surface area contributed by atoms with Crippen molar-refractivity contribution in [3.05, 3.63) is 24.0 Å². The first-order valence-corrected chi connectivity index (χ1v) is 7.82. The van der Waals surface area contributed by atoms with Crippen LogP contribution in [0.15, 0.2) is 18.5 Å². The molecule has 2 rings (SSSR count). The van der Waals surface area contributed by atoms with E-state index in [0.29, 0.717) is 19.3 Å². The lowest BCUT2D eigenvalue weighted by atomic mass is 10.2. The second kappa shape index (κ2) is 5.58. The van der Waals surface area contributed by atoms with E-state index in [1.54, 1.807) is 0 Å². The molecule has 1 aromatic heterocycles. The molecule has 2 heterocycles. The second-order valence-electron chi connectivity index (χ2n) is 4.61. The Balaban J connectivity index is 2.15. The highest BCUT2D eigenvalue weighted by Crippen LogP contribution is 2.21. The van der Waals surface area contributed by atoms with Crippen molar-refractivity contribution in [1.82, 2.24) is 4.98 Å². The molecule has 0 spiro atoms. The van der Waals surface area contributed by atoms with Crippen LogP contribution in [-0.4, -0.2) is 41.4 Å². The van der Waals surface area contributed by atoms with Crippen LogP contribution in [0, 0.1) is 0 Å². The van der Waals surface area contributed by atoms with Crippen molar-refractivity contribution < 1.29 is 23.1 Å². The van der Waals surface area contributed by atoms with Crippen LogP contribution in [0.25, 0.3) is 0 Å². The van der Waals surface area contributed by atoms with Gasteiger partial charge in [-0.15, -0.1) is 0 Å². The van der Waals surface area contributed by atoms with E-state index in [9.17, 15) is 18.0 Å². The van der Waals surface area contributed by atoms with Crippen molar-refractivity contribution in [3.8, 4) is 0 Å². The average molecular weight is 298 g/mol. The first-order chi connectivity index (χ1) is 9.40. The summed E-state index contributed by atoms with van der Waals surface area (Å²) in [6.45, 7) is 0. The number of anilines is 1. The van der Waals surface area contributed by atoms with Crippen LogP contribution in [0.5, 0.6) is 0 Å². The zero-order valence-electron chi connectivity index (χ0n) is 10.6. The number of carboxylic acids is 1. The molecule has 1 atom stereocenters. The van der Waals surface area contributed by atoms with Gasteiger partial charge in [0, 0.05) is 6.20 Å². The van der Waals surface area contributed by atoms with Gasteiger partial charge in [0.05, 0.1) is 23.2 Å². The molecule has 20 heavy (non-hydrogen) atoms. The monoisotopic (exact) mass is 298 g/mol. The summed E-state index contributed by atoms with van der Waals surface area (Å²) in [6, 6.07) is 1.24. The Labute approximate surface area is 115 Å². The van der Waals surface area contributed by atoms with E-state index >= 15 is 0 Å². The highest BCUT2D eigenvalue weighted by Gasteiger charge is 2.34. The smallest absolute Gasteiger partial charge is 0.337 e. The van der Waals surface area contributed by atoms with Crippen molar-refractivity contribution in [2.45, 2.75) is 24.5 Å². The van der Waals surface area contributed by atoms with E-state index < -0.39 is 27.0 Å². The van der Waals surface area contributed by atoms with Gasteiger partial charge in [0.2, 0.25) is 5.91 Å². The molecule has 1 aliphatic heterocycles. The number of hydrogen-bond donors (Lipinski definition) is 2. The van der Waals surface area contributed by atoms with Crippen molar-refractivity contribution in [3.63, 3.8) is 0 Å². The number of carbonyl (C=O) groups is 2. The molecule has 0 saturated carbocycles. The predicted molar refractivity (Wildman–Crippen MR) is 71.3 cm³/mol. The van der Waals surface area contributed by atoms with E-state index in [1.165, 1.54) is 12.3 Å². The summed E-state index contributed by atoms with van der Waals surface area (Å²) in [7, 11) is -3.42. The number of carboxylic acid groups (broad SMARTS) is 1. The molecule has 0 bridgehead atoms. The Morgan fingerprint density at radius 3 is 2.70 bits per heavy atom. The topological polar surface area (TPSA) is 113 Å². The molecule has 7 nitrogen and oxygen atoms in total. The van der Waals surface area contributed by atoms with Crippen LogP contribution in [0.3, 0.4) is 0 Å². The summed E-state index contributed by atoms with van der Waals surface area (Å²) in [6.07, 6.45) is 3.97. The van der Waals surface area contributed by atoms with Crippen LogP contribution in [0.1, 0.15) is 29.6 Å². The average Bonchev–Trinajstić information content (AvgIpc) is 2.38. The fraction of sp³-hybridized carbons (Fsp3) is 0.417. The summed E-state index contributed by atoms with van der Waals surface area (Å²) in [5.74, 6) is -1.79. The molecular weight excluding hydrogens is 284 g/mol. The third kappa shape index (κ3) is 3.13. The predicted octanol–water partition coefficient (Wildman–Crippen LogP) is 0.686. The molecule has 1 amide bonds. The molecule has 108 valence electrons. The Hall–Kier alpha value is -1.96. The van der Waals surface area contributed by atoms with Gasteiger partial charge in [-0.05, 0) is 18.9 Å². The van der Waals surface area contributed by atoms with Crippen molar-refractivity contribution in [2.75, 3.05) is 11.1 Å². The third-order valence-electron chi connectivity index (χ3n) is 3.12. The molecule has 0 radical (unpaired) electrons. The van der Waals surface area contributed by atoms with Crippen molar-refractivity contribution >= 4 is 27.4 Å². The van der Waals surface area contributed by atoms with Crippen LogP contribution in [0.2, 0.25) is 0 Å². The lowest BCUT2D eigenvalue weighted by Crippen LogP contribution is -2.39. The SMILES string of the molecule is O=C(O)c1cncc(NC(=O)C2CCCCS2(=O)=O)c1. The minimum Gasteiger partial charge on any atom is -0.478 e. The van der Waals surface area contributed by atoms with Crippen molar-refractivity contribution in [2.24, 2.45) is 0 Å². The molecule has 0 aliphatic carbocycles. The van der Waals surface area contributed by atoms with E-state index in [2.05, 4.69) is 10.3 Å². The second-order valence-corrected chi connectivity index (χ2v) is 6.91. The first-order valence-electron chi connectivity index (χ1n) is 6.11. The number of carbonyl (C=O) groups excluding carboxylic acids is 1. The number of aromatic nitrogens is 1. The number of sulfone groups is 1. The molecule has 1 fully saturated rings. The minimum atomic E-state index is -3.42. The van der Waals surface area contributed by atoms with Gasteiger partial charge in [0.1, 0.15) is 5.25 Å². The molecule has 2 N–H and O–H groups in total. The van der Waals surface area contributed by atoms with Gasteiger partial charge in [0.25, 0.3) is 0 Å². The van der Waals surface area contributed by atoms with E-state index in [1.807, 2.05) is 0 Å². The number of hydrogen-bond acceptors (Lipinski definition) is 5. The Morgan fingerprint density at radius 2 is 2.05 bits per heavy atom. The zero-order chi connectivity index (χ0) is 14.8. The number of pyridine rings is 1. The highest BCUT2D eigenvalue weighted by molar-refractivity contribution is 7.92. The quantitative estimate of drug-likeness (QED) is 0.848. The van der Waals surface area contributed by atoms with Crippen LogP contribution >= 0.6 is 0 Å². The molecule has 1 unspecified atom stereocenters. The Bertz CT molecular complexity index is 641. The van der Waals surface area contributed by atoms with E-state index in [4.69, 9.17) is 5.11 Å². The normalized spacial score (nSPS) is 21.1. The van der Waals surface area contributed by atoms with Gasteiger partial charge in [0.15, 0.2) is 9.84 Å². The molecule has 8 heteroatoms. The summed E-state index contributed by atoms with van der Waals surface area (Å²) in [5.41, 5.74) is 0.102. The van der Waals surface area contributed by atoms with E-state index in [-0.39, 0.29) is 17.0 Å². The molecule has 1 aromatic rings. The van der Waals surface area contributed by atoms with Crippen LogP contribution < -0.4 is 5.32 Å². The lowest BCUT2D eigenvalue weighted by Gasteiger charge is -2.21.